The summed E-state index contributed by atoms with van der Waals surface area (Å²) in [6.45, 7) is 8.48. The summed E-state index contributed by atoms with van der Waals surface area (Å²) in [5.74, 6) is 1.61. The van der Waals surface area contributed by atoms with Gasteiger partial charge in [-0.15, -0.1) is 0 Å². The summed E-state index contributed by atoms with van der Waals surface area (Å²) >= 11 is 0. The molecule has 0 bridgehead atoms. The number of piperidine rings is 1. The number of nitrogens with zero attached hydrogens (tertiary/aromatic N) is 1. The minimum Gasteiger partial charge on any atom is -0.497 e. The lowest BCUT2D eigenvalue weighted by atomic mass is 9.94. The van der Waals surface area contributed by atoms with Crippen LogP contribution in [0.4, 0.5) is 16.2 Å². The van der Waals surface area contributed by atoms with E-state index in [4.69, 9.17) is 4.74 Å². The van der Waals surface area contributed by atoms with Gasteiger partial charge in [0.2, 0.25) is 0 Å². The number of urea groups is 1. The zero-order chi connectivity index (χ0) is 20.1. The van der Waals surface area contributed by atoms with Crippen LogP contribution in [-0.4, -0.2) is 26.2 Å². The van der Waals surface area contributed by atoms with Gasteiger partial charge in [-0.05, 0) is 74.6 Å². The van der Waals surface area contributed by atoms with Crippen molar-refractivity contribution in [2.24, 2.45) is 5.92 Å². The van der Waals surface area contributed by atoms with Crippen LogP contribution >= 0.6 is 0 Å². The Morgan fingerprint density at radius 1 is 1.04 bits per heavy atom. The van der Waals surface area contributed by atoms with Crippen molar-refractivity contribution in [3.63, 3.8) is 0 Å². The molecular formula is C23H31N3O2. The van der Waals surface area contributed by atoms with E-state index in [0.717, 1.165) is 36.0 Å². The molecule has 2 aromatic rings. The Kier molecular flexibility index (Phi) is 6.12. The lowest BCUT2D eigenvalue weighted by molar-refractivity contribution is 0.242. The fourth-order valence-corrected chi connectivity index (χ4v) is 3.55. The van der Waals surface area contributed by atoms with E-state index in [1.54, 1.807) is 7.11 Å². The van der Waals surface area contributed by atoms with Crippen LogP contribution in [0.25, 0.3) is 0 Å². The highest BCUT2D eigenvalue weighted by Gasteiger charge is 2.23. The summed E-state index contributed by atoms with van der Waals surface area (Å²) in [6.07, 6.45) is 2.48. The van der Waals surface area contributed by atoms with Gasteiger partial charge in [0, 0.05) is 24.5 Å². The monoisotopic (exact) mass is 381 g/mol. The fraction of sp³-hybridized carbons (Fsp3) is 0.435. The number of hydrogen-bond donors (Lipinski definition) is 2. The number of hydrogen-bond acceptors (Lipinski definition) is 3. The molecule has 0 aliphatic carbocycles. The minimum atomic E-state index is -0.499. The molecule has 0 spiro atoms. The molecule has 1 fully saturated rings. The molecule has 1 saturated heterocycles. The van der Waals surface area contributed by atoms with Crippen LogP contribution in [0.15, 0.2) is 48.5 Å². The van der Waals surface area contributed by atoms with Crippen LogP contribution in [-0.2, 0) is 5.54 Å². The highest BCUT2D eigenvalue weighted by molar-refractivity contribution is 5.90. The summed E-state index contributed by atoms with van der Waals surface area (Å²) in [4.78, 5) is 14.9. The quantitative estimate of drug-likeness (QED) is 0.767. The second-order valence-electron chi connectivity index (χ2n) is 8.15. The first-order chi connectivity index (χ1) is 13.4. The topological polar surface area (TPSA) is 53.6 Å². The van der Waals surface area contributed by atoms with E-state index in [1.807, 2.05) is 50.2 Å². The number of ether oxygens (including phenoxy) is 1. The van der Waals surface area contributed by atoms with Gasteiger partial charge in [0.1, 0.15) is 5.75 Å². The second kappa shape index (κ2) is 8.55. The molecule has 0 saturated carbocycles. The Morgan fingerprint density at radius 3 is 2.21 bits per heavy atom. The van der Waals surface area contributed by atoms with Gasteiger partial charge < -0.3 is 20.3 Å². The third kappa shape index (κ3) is 4.97. The van der Waals surface area contributed by atoms with Crippen molar-refractivity contribution in [1.29, 1.82) is 0 Å². The summed E-state index contributed by atoms with van der Waals surface area (Å²) in [6, 6.07) is 15.6. The molecule has 5 heteroatoms. The molecule has 28 heavy (non-hydrogen) atoms. The van der Waals surface area contributed by atoms with Crippen molar-refractivity contribution in [3.8, 4) is 5.75 Å². The highest BCUT2D eigenvalue weighted by atomic mass is 16.5. The largest absolute Gasteiger partial charge is 0.497 e. The van der Waals surface area contributed by atoms with Gasteiger partial charge >= 0.3 is 6.03 Å². The van der Waals surface area contributed by atoms with Crippen LogP contribution in [0.5, 0.6) is 5.75 Å². The lowest BCUT2D eigenvalue weighted by Crippen LogP contribution is -2.43. The van der Waals surface area contributed by atoms with E-state index >= 15 is 0 Å². The third-order valence-corrected chi connectivity index (χ3v) is 5.51. The molecule has 1 aliphatic heterocycles. The van der Waals surface area contributed by atoms with Gasteiger partial charge in [0.05, 0.1) is 12.6 Å². The minimum absolute atomic E-state index is 0.222. The molecule has 0 radical (unpaired) electrons. The Morgan fingerprint density at radius 2 is 1.64 bits per heavy atom. The molecule has 0 aromatic heterocycles. The van der Waals surface area contributed by atoms with E-state index in [-0.39, 0.29) is 6.03 Å². The molecule has 1 aliphatic rings. The average Bonchev–Trinajstić information content (AvgIpc) is 2.69. The zero-order valence-electron chi connectivity index (χ0n) is 17.3. The van der Waals surface area contributed by atoms with Crippen molar-refractivity contribution < 1.29 is 9.53 Å². The maximum Gasteiger partial charge on any atom is 0.319 e. The molecular weight excluding hydrogens is 350 g/mol. The number of rotatable bonds is 5. The van der Waals surface area contributed by atoms with Crippen LogP contribution < -0.4 is 20.3 Å². The van der Waals surface area contributed by atoms with Gasteiger partial charge in [0.15, 0.2) is 0 Å². The maximum atomic E-state index is 12.5. The normalized spacial score (nSPS) is 15.2. The number of carbonyl (C=O) groups excluding carboxylic acids is 1. The number of benzene rings is 2. The second-order valence-corrected chi connectivity index (χ2v) is 8.15. The molecule has 1 heterocycles. The van der Waals surface area contributed by atoms with E-state index in [1.165, 1.54) is 18.5 Å². The number of anilines is 2. The van der Waals surface area contributed by atoms with Crippen molar-refractivity contribution in [2.45, 2.75) is 39.2 Å². The number of methoxy groups -OCH3 is 1. The number of amides is 2. The Bertz CT molecular complexity index is 776. The van der Waals surface area contributed by atoms with Crippen molar-refractivity contribution in [3.05, 3.63) is 54.1 Å². The number of nitrogens with one attached hydrogen (secondary N) is 2. The maximum absolute atomic E-state index is 12.5. The first kappa shape index (κ1) is 20.1. The number of carbonyl (C=O) groups is 1. The first-order valence-electron chi connectivity index (χ1n) is 9.96. The van der Waals surface area contributed by atoms with Gasteiger partial charge in [-0.3, -0.25) is 0 Å². The molecule has 0 unspecified atom stereocenters. The van der Waals surface area contributed by atoms with Crippen LogP contribution in [0.3, 0.4) is 0 Å². The van der Waals surface area contributed by atoms with E-state index < -0.39 is 5.54 Å². The standard InChI is InChI=1S/C23H31N3O2/c1-17-13-15-26(16-14-17)20-9-7-19(8-10-20)24-22(27)25-23(2,3)18-5-11-21(28-4)12-6-18/h5-12,17H,13-16H2,1-4H3,(H2,24,25,27). The molecule has 2 aromatic carbocycles. The zero-order valence-corrected chi connectivity index (χ0v) is 17.3. The highest BCUT2D eigenvalue weighted by Crippen LogP contribution is 2.25. The van der Waals surface area contributed by atoms with Gasteiger partial charge in [-0.2, -0.15) is 0 Å². The predicted molar refractivity (Wildman–Crippen MR) is 115 cm³/mol. The SMILES string of the molecule is COc1ccc(C(C)(C)NC(=O)Nc2ccc(N3CCC(C)CC3)cc2)cc1. The van der Waals surface area contributed by atoms with Crippen LogP contribution in [0, 0.1) is 5.92 Å². The Hall–Kier alpha value is -2.69. The molecule has 2 N–H and O–H groups in total. The van der Waals surface area contributed by atoms with Gasteiger partial charge in [0.25, 0.3) is 0 Å². The summed E-state index contributed by atoms with van der Waals surface area (Å²) in [5, 5.41) is 5.97. The van der Waals surface area contributed by atoms with Crippen LogP contribution in [0.1, 0.15) is 39.2 Å². The molecule has 0 atom stereocenters. The van der Waals surface area contributed by atoms with Crippen molar-refractivity contribution in [2.75, 3.05) is 30.4 Å². The molecule has 2 amide bonds. The third-order valence-electron chi connectivity index (χ3n) is 5.51. The first-order valence-corrected chi connectivity index (χ1v) is 9.96. The van der Waals surface area contributed by atoms with Gasteiger partial charge in [-0.1, -0.05) is 19.1 Å². The summed E-state index contributed by atoms with van der Waals surface area (Å²) in [7, 11) is 1.64. The van der Waals surface area contributed by atoms with E-state index in [9.17, 15) is 4.79 Å². The molecule has 3 rings (SSSR count). The molecule has 5 nitrogen and oxygen atoms in total. The summed E-state index contributed by atoms with van der Waals surface area (Å²) in [5.41, 5.74) is 2.52. The summed E-state index contributed by atoms with van der Waals surface area (Å²) < 4.78 is 5.20. The Labute approximate surface area is 168 Å². The predicted octanol–water partition coefficient (Wildman–Crippen LogP) is 4.99. The van der Waals surface area contributed by atoms with E-state index in [0.29, 0.717) is 0 Å². The van der Waals surface area contributed by atoms with E-state index in [2.05, 4.69) is 34.6 Å². The molecule has 150 valence electrons. The smallest absolute Gasteiger partial charge is 0.319 e. The van der Waals surface area contributed by atoms with Crippen LogP contribution in [0.2, 0.25) is 0 Å². The average molecular weight is 382 g/mol. The lowest BCUT2D eigenvalue weighted by Gasteiger charge is -2.32. The van der Waals surface area contributed by atoms with Crippen molar-refractivity contribution in [1.82, 2.24) is 5.32 Å². The fourth-order valence-electron chi connectivity index (χ4n) is 3.55. The van der Waals surface area contributed by atoms with Gasteiger partial charge in [-0.25, -0.2) is 4.79 Å². The Balaban J connectivity index is 1.57. The van der Waals surface area contributed by atoms with Crippen molar-refractivity contribution >= 4 is 17.4 Å².